The summed E-state index contributed by atoms with van der Waals surface area (Å²) >= 11 is 0. The molecule has 3 nitrogen and oxygen atoms in total. The number of rotatable bonds is 0. The highest BCUT2D eigenvalue weighted by Gasteiger charge is 2.16. The van der Waals surface area contributed by atoms with Crippen molar-refractivity contribution in [2.45, 2.75) is 12.8 Å². The van der Waals surface area contributed by atoms with Crippen LogP contribution in [0.25, 0.3) is 0 Å². The summed E-state index contributed by atoms with van der Waals surface area (Å²) in [5.74, 6) is 0. The van der Waals surface area contributed by atoms with Crippen LogP contribution < -0.4 is 0 Å². The molecule has 3 rings (SSSR count). The number of nitrogens with zero attached hydrogens (tertiary/aromatic N) is 2. The molecule has 0 amide bonds. The van der Waals surface area contributed by atoms with Gasteiger partial charge in [0.2, 0.25) is 0 Å². The summed E-state index contributed by atoms with van der Waals surface area (Å²) < 4.78 is 0. The van der Waals surface area contributed by atoms with Gasteiger partial charge in [0, 0.05) is 12.8 Å². The quantitative estimate of drug-likeness (QED) is 0.554. The second-order valence-electron chi connectivity index (χ2n) is 3.36. The van der Waals surface area contributed by atoms with Crippen LogP contribution in [0.15, 0.2) is 24.3 Å². The summed E-state index contributed by atoms with van der Waals surface area (Å²) in [6.45, 7) is 0. The Kier molecular flexibility index (Phi) is 1.27. The maximum absolute atomic E-state index is 4.05. The van der Waals surface area contributed by atoms with E-state index in [9.17, 15) is 0 Å². The van der Waals surface area contributed by atoms with E-state index in [-0.39, 0.29) is 0 Å². The molecule has 0 radical (unpaired) electrons. The van der Waals surface area contributed by atoms with Gasteiger partial charge < -0.3 is 0 Å². The first-order valence-electron chi connectivity index (χ1n) is 4.39. The zero-order valence-corrected chi connectivity index (χ0v) is 7.12. The summed E-state index contributed by atoms with van der Waals surface area (Å²) in [5.41, 5.74) is 5.03. The van der Waals surface area contributed by atoms with Crippen molar-refractivity contribution >= 4 is 0 Å². The first-order valence-corrected chi connectivity index (χ1v) is 4.39. The Balaban J connectivity index is 2.14. The van der Waals surface area contributed by atoms with Gasteiger partial charge in [-0.1, -0.05) is 29.5 Å². The van der Waals surface area contributed by atoms with Crippen molar-refractivity contribution in [3.05, 3.63) is 46.8 Å². The van der Waals surface area contributed by atoms with E-state index >= 15 is 0 Å². The van der Waals surface area contributed by atoms with E-state index in [1.54, 1.807) is 0 Å². The first-order chi connectivity index (χ1) is 6.43. The number of H-pyrrole nitrogens is 1. The van der Waals surface area contributed by atoms with Crippen molar-refractivity contribution in [2.75, 3.05) is 0 Å². The van der Waals surface area contributed by atoms with E-state index in [1.165, 1.54) is 16.8 Å². The van der Waals surface area contributed by atoms with Crippen LogP contribution in [0.5, 0.6) is 0 Å². The molecule has 1 aliphatic rings. The Morgan fingerprint density at radius 3 is 2.69 bits per heavy atom. The zero-order valence-electron chi connectivity index (χ0n) is 7.12. The number of fused-ring (bicyclic) bond motifs is 2. The minimum Gasteiger partial charge on any atom is -0.262 e. The first kappa shape index (κ1) is 6.83. The molecule has 0 bridgehead atoms. The standard InChI is InChI=1S/C10H9N3/c1-2-4-8-6-10-9(11-13-12-10)5-7(8)3-1/h1-4H,5-6H2,(H,11,12,13). The van der Waals surface area contributed by atoms with E-state index in [1.807, 2.05) is 0 Å². The van der Waals surface area contributed by atoms with Crippen LogP contribution in [0.1, 0.15) is 22.5 Å². The molecule has 1 heterocycles. The molecule has 0 saturated heterocycles. The summed E-state index contributed by atoms with van der Waals surface area (Å²) in [6, 6.07) is 8.48. The van der Waals surface area contributed by atoms with Crippen LogP contribution in [0.2, 0.25) is 0 Å². The maximum Gasteiger partial charge on any atom is 0.0903 e. The van der Waals surface area contributed by atoms with E-state index < -0.39 is 0 Å². The van der Waals surface area contributed by atoms with Gasteiger partial charge in [-0.25, -0.2) is 0 Å². The van der Waals surface area contributed by atoms with Crippen LogP contribution in [0.3, 0.4) is 0 Å². The van der Waals surface area contributed by atoms with Crippen molar-refractivity contribution in [1.82, 2.24) is 15.4 Å². The van der Waals surface area contributed by atoms with Crippen molar-refractivity contribution in [3.63, 3.8) is 0 Å². The molecule has 0 aliphatic heterocycles. The molecule has 0 saturated carbocycles. The normalized spacial score (nSPS) is 13.5. The molecular formula is C10H9N3. The van der Waals surface area contributed by atoms with Gasteiger partial charge in [0.15, 0.2) is 0 Å². The average Bonchev–Trinajstić information content (AvgIpc) is 2.61. The van der Waals surface area contributed by atoms with Gasteiger partial charge >= 0.3 is 0 Å². The fourth-order valence-corrected chi connectivity index (χ4v) is 1.83. The highest BCUT2D eigenvalue weighted by molar-refractivity contribution is 5.39. The lowest BCUT2D eigenvalue weighted by Gasteiger charge is -2.13. The molecular weight excluding hydrogens is 162 g/mol. The molecule has 0 unspecified atom stereocenters. The summed E-state index contributed by atoms with van der Waals surface area (Å²) in [6.07, 6.45) is 1.86. The van der Waals surface area contributed by atoms with Gasteiger partial charge in [-0.15, -0.1) is 5.10 Å². The Hall–Kier alpha value is -1.64. The Labute approximate surface area is 75.8 Å². The molecule has 0 atom stereocenters. The zero-order chi connectivity index (χ0) is 8.67. The van der Waals surface area contributed by atoms with Crippen LogP contribution >= 0.6 is 0 Å². The highest BCUT2D eigenvalue weighted by atomic mass is 15.3. The minimum absolute atomic E-state index is 0.919. The largest absolute Gasteiger partial charge is 0.262 e. The second kappa shape index (κ2) is 2.42. The van der Waals surface area contributed by atoms with Crippen LogP contribution in [-0.2, 0) is 12.8 Å². The van der Waals surface area contributed by atoms with Crippen LogP contribution in [0, 0.1) is 0 Å². The molecule has 2 aromatic rings. The third-order valence-electron chi connectivity index (χ3n) is 2.55. The Bertz CT molecular complexity index is 405. The van der Waals surface area contributed by atoms with E-state index in [4.69, 9.17) is 0 Å². The smallest absolute Gasteiger partial charge is 0.0903 e. The summed E-state index contributed by atoms with van der Waals surface area (Å²) in [4.78, 5) is 0. The second-order valence-corrected chi connectivity index (χ2v) is 3.36. The van der Waals surface area contributed by atoms with Crippen molar-refractivity contribution in [1.29, 1.82) is 0 Å². The van der Waals surface area contributed by atoms with Crippen LogP contribution in [-0.4, -0.2) is 15.4 Å². The molecule has 1 aromatic heterocycles. The number of benzene rings is 1. The number of hydrogen-bond acceptors (Lipinski definition) is 2. The predicted octanol–water partition coefficient (Wildman–Crippen LogP) is 1.30. The van der Waals surface area contributed by atoms with Gasteiger partial charge in [0.05, 0.1) is 11.4 Å². The highest BCUT2D eigenvalue weighted by Crippen LogP contribution is 2.23. The average molecular weight is 171 g/mol. The third-order valence-corrected chi connectivity index (χ3v) is 2.55. The maximum atomic E-state index is 4.05. The lowest BCUT2D eigenvalue weighted by atomic mass is 9.92. The van der Waals surface area contributed by atoms with Gasteiger partial charge in [-0.05, 0) is 11.1 Å². The van der Waals surface area contributed by atoms with E-state index in [0.717, 1.165) is 18.5 Å². The van der Waals surface area contributed by atoms with Crippen molar-refractivity contribution in [2.24, 2.45) is 0 Å². The van der Waals surface area contributed by atoms with Gasteiger partial charge in [-0.2, -0.15) is 0 Å². The Morgan fingerprint density at radius 2 is 1.85 bits per heavy atom. The molecule has 0 fully saturated rings. The SMILES string of the molecule is c1ccc2c(c1)Cc1nn[nH]c1C2. The third kappa shape index (κ3) is 0.967. The van der Waals surface area contributed by atoms with Crippen molar-refractivity contribution in [3.8, 4) is 0 Å². The molecule has 13 heavy (non-hydrogen) atoms. The fraction of sp³-hybridized carbons (Fsp3) is 0.200. The summed E-state index contributed by atoms with van der Waals surface area (Å²) in [5, 5.41) is 10.8. The lowest BCUT2D eigenvalue weighted by molar-refractivity contribution is 0.914. The molecule has 64 valence electrons. The Morgan fingerprint density at radius 1 is 1.08 bits per heavy atom. The molecule has 0 spiro atoms. The van der Waals surface area contributed by atoms with E-state index in [0.29, 0.717) is 0 Å². The predicted molar refractivity (Wildman–Crippen MR) is 48.4 cm³/mol. The lowest BCUT2D eigenvalue weighted by Crippen LogP contribution is -2.06. The minimum atomic E-state index is 0.919. The van der Waals surface area contributed by atoms with Gasteiger partial charge in [-0.3, -0.25) is 5.10 Å². The monoisotopic (exact) mass is 171 g/mol. The van der Waals surface area contributed by atoms with Crippen LogP contribution in [0.4, 0.5) is 0 Å². The number of hydrogen-bond donors (Lipinski definition) is 1. The molecule has 3 heteroatoms. The molecule has 1 N–H and O–H groups in total. The number of aromatic amines is 1. The topological polar surface area (TPSA) is 41.6 Å². The number of aromatic nitrogens is 3. The van der Waals surface area contributed by atoms with Crippen molar-refractivity contribution < 1.29 is 0 Å². The molecule has 1 aliphatic carbocycles. The van der Waals surface area contributed by atoms with E-state index in [2.05, 4.69) is 39.7 Å². The molecule has 1 aromatic carbocycles. The van der Waals surface area contributed by atoms with Gasteiger partial charge in [0.1, 0.15) is 0 Å². The van der Waals surface area contributed by atoms with Gasteiger partial charge in [0.25, 0.3) is 0 Å². The summed E-state index contributed by atoms with van der Waals surface area (Å²) in [7, 11) is 0. The number of nitrogens with one attached hydrogen (secondary N) is 1. The fourth-order valence-electron chi connectivity index (χ4n) is 1.83.